The van der Waals surface area contributed by atoms with Crippen molar-refractivity contribution in [2.45, 2.75) is 31.8 Å². The van der Waals surface area contributed by atoms with E-state index in [0.29, 0.717) is 5.75 Å². The number of ketones is 1. The van der Waals surface area contributed by atoms with Crippen molar-refractivity contribution in [1.29, 1.82) is 0 Å². The largest absolute Gasteiger partial charge is 0.490 e. The van der Waals surface area contributed by atoms with E-state index >= 15 is 0 Å². The van der Waals surface area contributed by atoms with Crippen LogP contribution in [0.4, 0.5) is 0 Å². The van der Waals surface area contributed by atoms with Crippen molar-refractivity contribution in [3.8, 4) is 5.75 Å². The van der Waals surface area contributed by atoms with E-state index in [1.165, 1.54) is 25.1 Å². The van der Waals surface area contributed by atoms with Crippen LogP contribution in [-0.2, 0) is 10.0 Å². The molecule has 5 nitrogen and oxygen atoms in total. The summed E-state index contributed by atoms with van der Waals surface area (Å²) in [5, 5.41) is 5.00. The maximum Gasteiger partial charge on any atom is 0.238 e. The van der Waals surface area contributed by atoms with Crippen molar-refractivity contribution in [1.82, 2.24) is 0 Å². The van der Waals surface area contributed by atoms with E-state index in [4.69, 9.17) is 9.88 Å². The van der Waals surface area contributed by atoms with E-state index in [1.54, 1.807) is 0 Å². The SMILES string of the molecule is CC(=O)c1cc(S(N)(=O)=O)ccc1OC(C)C. The fraction of sp³-hybridized carbons (Fsp3) is 0.364. The van der Waals surface area contributed by atoms with Crippen LogP contribution in [0.1, 0.15) is 31.1 Å². The first-order valence-corrected chi connectivity index (χ1v) is 6.61. The Morgan fingerprint density at radius 2 is 1.94 bits per heavy atom. The standard InChI is InChI=1S/C11H15NO4S/c1-7(2)16-11-5-4-9(17(12,14)15)6-10(11)8(3)13/h4-7H,1-3H3,(H2,12,14,15). The fourth-order valence-corrected chi connectivity index (χ4v) is 1.86. The van der Waals surface area contributed by atoms with Gasteiger partial charge >= 0.3 is 0 Å². The number of Topliss-reactive ketones (excluding diaryl/α,β-unsaturated/α-hetero) is 1. The zero-order valence-electron chi connectivity index (χ0n) is 9.93. The van der Waals surface area contributed by atoms with Crippen LogP contribution in [0.2, 0.25) is 0 Å². The minimum atomic E-state index is -3.81. The van der Waals surface area contributed by atoms with Crippen molar-refractivity contribution < 1.29 is 17.9 Å². The zero-order chi connectivity index (χ0) is 13.2. The molecule has 0 aromatic heterocycles. The molecule has 0 heterocycles. The van der Waals surface area contributed by atoms with Crippen molar-refractivity contribution in [2.24, 2.45) is 5.14 Å². The Morgan fingerprint density at radius 3 is 2.35 bits per heavy atom. The summed E-state index contributed by atoms with van der Waals surface area (Å²) in [6.07, 6.45) is -0.103. The Labute approximate surface area is 101 Å². The Morgan fingerprint density at radius 1 is 1.35 bits per heavy atom. The Hall–Kier alpha value is -1.40. The number of hydrogen-bond acceptors (Lipinski definition) is 4. The minimum absolute atomic E-state index is 0.0983. The molecule has 1 aromatic carbocycles. The molecule has 1 rings (SSSR count). The third-order valence-electron chi connectivity index (χ3n) is 2.02. The summed E-state index contributed by atoms with van der Waals surface area (Å²) in [6, 6.07) is 3.99. The molecule has 2 N–H and O–H groups in total. The van der Waals surface area contributed by atoms with E-state index in [0.717, 1.165) is 0 Å². The van der Waals surface area contributed by atoms with Gasteiger partial charge in [0.2, 0.25) is 10.0 Å². The van der Waals surface area contributed by atoms with E-state index < -0.39 is 10.0 Å². The van der Waals surface area contributed by atoms with Crippen LogP contribution in [0.3, 0.4) is 0 Å². The third-order valence-corrected chi connectivity index (χ3v) is 2.93. The lowest BCUT2D eigenvalue weighted by Crippen LogP contribution is -2.14. The molecule has 0 bridgehead atoms. The summed E-state index contributed by atoms with van der Waals surface area (Å²) in [5.74, 6) is 0.0889. The number of carbonyl (C=O) groups excluding carboxylic acids is 1. The van der Waals surface area contributed by atoms with Crippen molar-refractivity contribution in [3.05, 3.63) is 23.8 Å². The first-order chi connectivity index (χ1) is 7.71. The van der Waals surface area contributed by atoms with Crippen LogP contribution in [-0.4, -0.2) is 20.3 Å². The average Bonchev–Trinajstić information content (AvgIpc) is 2.15. The maximum absolute atomic E-state index is 11.4. The number of benzene rings is 1. The Balaban J connectivity index is 3.32. The molecule has 0 aliphatic rings. The fourth-order valence-electron chi connectivity index (χ4n) is 1.32. The highest BCUT2D eigenvalue weighted by Gasteiger charge is 2.15. The highest BCUT2D eigenvalue weighted by Crippen LogP contribution is 2.23. The van der Waals surface area contributed by atoms with Gasteiger partial charge in [0, 0.05) is 0 Å². The van der Waals surface area contributed by atoms with Crippen LogP contribution < -0.4 is 9.88 Å². The predicted molar refractivity (Wildman–Crippen MR) is 63.6 cm³/mol. The van der Waals surface area contributed by atoms with Gasteiger partial charge in [0.1, 0.15) is 5.75 Å². The molecular formula is C11H15NO4S. The number of hydrogen-bond donors (Lipinski definition) is 1. The summed E-state index contributed by atoms with van der Waals surface area (Å²) in [4.78, 5) is 11.3. The number of primary sulfonamides is 1. The first-order valence-electron chi connectivity index (χ1n) is 5.06. The van der Waals surface area contributed by atoms with Gasteiger partial charge in [0.25, 0.3) is 0 Å². The molecule has 0 amide bonds. The molecule has 0 fully saturated rings. The maximum atomic E-state index is 11.4. The van der Waals surface area contributed by atoms with Gasteiger partial charge in [-0.25, -0.2) is 13.6 Å². The molecule has 0 atom stereocenters. The number of ether oxygens (including phenoxy) is 1. The van der Waals surface area contributed by atoms with Gasteiger partial charge in [0.15, 0.2) is 5.78 Å². The summed E-state index contributed by atoms with van der Waals surface area (Å²) >= 11 is 0. The van der Waals surface area contributed by atoms with E-state index in [-0.39, 0.29) is 22.3 Å². The second-order valence-corrected chi connectivity index (χ2v) is 5.49. The van der Waals surface area contributed by atoms with Crippen LogP contribution in [0.25, 0.3) is 0 Å². The number of nitrogens with two attached hydrogens (primary N) is 1. The molecule has 0 radical (unpaired) electrons. The molecular weight excluding hydrogens is 242 g/mol. The van der Waals surface area contributed by atoms with Gasteiger partial charge in [0.05, 0.1) is 16.6 Å². The predicted octanol–water partition coefficient (Wildman–Crippen LogP) is 1.32. The molecule has 1 aromatic rings. The summed E-state index contributed by atoms with van der Waals surface area (Å²) < 4.78 is 27.8. The van der Waals surface area contributed by atoms with E-state index in [2.05, 4.69) is 0 Å². The quantitative estimate of drug-likeness (QED) is 0.824. The van der Waals surface area contributed by atoms with Crippen molar-refractivity contribution >= 4 is 15.8 Å². The van der Waals surface area contributed by atoms with Crippen LogP contribution in [0.15, 0.2) is 23.1 Å². The topological polar surface area (TPSA) is 86.5 Å². The molecule has 0 aliphatic carbocycles. The van der Waals surface area contributed by atoms with Gasteiger partial charge in [-0.3, -0.25) is 4.79 Å². The second kappa shape index (κ2) is 4.85. The summed E-state index contributed by atoms with van der Waals surface area (Å²) in [5.41, 5.74) is 0.213. The van der Waals surface area contributed by atoms with Gasteiger partial charge in [-0.05, 0) is 39.0 Å². The normalized spacial score (nSPS) is 11.6. The Bertz CT molecular complexity index is 534. The minimum Gasteiger partial charge on any atom is -0.490 e. The zero-order valence-corrected chi connectivity index (χ0v) is 10.7. The lowest BCUT2D eigenvalue weighted by molar-refractivity contribution is 0.101. The van der Waals surface area contributed by atoms with Gasteiger partial charge in [-0.15, -0.1) is 0 Å². The smallest absolute Gasteiger partial charge is 0.238 e. The molecule has 0 saturated heterocycles. The first kappa shape index (κ1) is 13.7. The second-order valence-electron chi connectivity index (χ2n) is 3.93. The van der Waals surface area contributed by atoms with E-state index in [1.807, 2.05) is 13.8 Å². The van der Waals surface area contributed by atoms with Crippen LogP contribution in [0, 0.1) is 0 Å². The highest BCUT2D eigenvalue weighted by atomic mass is 32.2. The number of rotatable bonds is 4. The van der Waals surface area contributed by atoms with Crippen molar-refractivity contribution in [3.63, 3.8) is 0 Å². The third kappa shape index (κ3) is 3.54. The molecule has 0 aliphatic heterocycles. The van der Waals surface area contributed by atoms with Gasteiger partial charge in [-0.2, -0.15) is 0 Å². The van der Waals surface area contributed by atoms with Crippen molar-refractivity contribution in [2.75, 3.05) is 0 Å². The van der Waals surface area contributed by atoms with Crippen LogP contribution >= 0.6 is 0 Å². The monoisotopic (exact) mass is 257 g/mol. The molecule has 0 saturated carbocycles. The number of sulfonamides is 1. The molecule has 6 heteroatoms. The Kier molecular flexibility index (Phi) is 3.90. The molecule has 0 unspecified atom stereocenters. The van der Waals surface area contributed by atoms with Gasteiger partial charge < -0.3 is 4.74 Å². The van der Waals surface area contributed by atoms with E-state index in [9.17, 15) is 13.2 Å². The summed E-state index contributed by atoms with van der Waals surface area (Å²) in [7, 11) is -3.81. The molecule has 94 valence electrons. The molecule has 17 heavy (non-hydrogen) atoms. The molecule has 0 spiro atoms. The summed E-state index contributed by atoms with van der Waals surface area (Å²) in [6.45, 7) is 4.98. The average molecular weight is 257 g/mol. The lowest BCUT2D eigenvalue weighted by Gasteiger charge is -2.13. The lowest BCUT2D eigenvalue weighted by atomic mass is 10.1. The number of carbonyl (C=O) groups is 1. The highest BCUT2D eigenvalue weighted by molar-refractivity contribution is 7.89. The van der Waals surface area contributed by atoms with Crippen LogP contribution in [0.5, 0.6) is 5.75 Å². The van der Waals surface area contributed by atoms with Gasteiger partial charge in [-0.1, -0.05) is 0 Å².